The van der Waals surface area contributed by atoms with Gasteiger partial charge in [-0.1, -0.05) is 48.4 Å². The molecule has 132 valence electrons. The Morgan fingerprint density at radius 1 is 1.23 bits per heavy atom. The Labute approximate surface area is 153 Å². The third kappa shape index (κ3) is 3.73. The highest BCUT2D eigenvalue weighted by atomic mass is 32.1. The molecule has 6 heteroatoms. The highest BCUT2D eigenvalue weighted by Gasteiger charge is 2.13. The van der Waals surface area contributed by atoms with Gasteiger partial charge >= 0.3 is 0 Å². The fraction of sp³-hybridized carbons (Fsp3) is 0.200. The number of aromatic nitrogens is 1. The number of rotatable bonds is 4. The number of halogens is 2. The molecule has 3 rings (SSSR count). The zero-order valence-corrected chi connectivity index (χ0v) is 14.9. The number of aryl methyl sites for hydroxylation is 1. The van der Waals surface area contributed by atoms with Crippen LogP contribution in [0.25, 0.3) is 10.2 Å². The van der Waals surface area contributed by atoms with E-state index in [1.807, 2.05) is 24.3 Å². The minimum Gasteiger partial charge on any atom is -0.302 e. The van der Waals surface area contributed by atoms with Gasteiger partial charge in [-0.25, -0.2) is 8.78 Å². The number of amides is 1. The molecule has 3 nitrogen and oxygen atoms in total. The predicted octanol–water partition coefficient (Wildman–Crippen LogP) is 3.85. The summed E-state index contributed by atoms with van der Waals surface area (Å²) in [5.74, 6) is 0.641. The maximum absolute atomic E-state index is 14.2. The lowest BCUT2D eigenvalue weighted by Crippen LogP contribution is -2.17. The average molecular weight is 370 g/mol. The first kappa shape index (κ1) is 18.0. The maximum atomic E-state index is 14.2. The van der Waals surface area contributed by atoms with Gasteiger partial charge in [-0.15, -0.1) is 6.42 Å². The van der Waals surface area contributed by atoms with Crippen molar-refractivity contribution in [3.63, 3.8) is 0 Å². The highest BCUT2D eigenvalue weighted by molar-refractivity contribution is 7.16. The lowest BCUT2D eigenvalue weighted by Gasteiger charge is -2.02. The lowest BCUT2D eigenvalue weighted by atomic mass is 10.1. The van der Waals surface area contributed by atoms with Crippen LogP contribution in [0.15, 0.2) is 41.4 Å². The van der Waals surface area contributed by atoms with E-state index in [-0.39, 0.29) is 29.2 Å². The molecule has 0 spiro atoms. The Hall–Kier alpha value is -2.78. The van der Waals surface area contributed by atoms with Gasteiger partial charge in [-0.2, -0.15) is 4.99 Å². The molecule has 1 heterocycles. The Morgan fingerprint density at radius 3 is 2.58 bits per heavy atom. The summed E-state index contributed by atoms with van der Waals surface area (Å²) >= 11 is 1.04. The van der Waals surface area contributed by atoms with E-state index in [2.05, 4.69) is 17.8 Å². The molecule has 0 saturated heterocycles. The highest BCUT2D eigenvalue weighted by Crippen LogP contribution is 2.22. The maximum Gasteiger partial charge on any atom is 0.252 e. The summed E-state index contributed by atoms with van der Waals surface area (Å²) in [5, 5.41) is 0. The van der Waals surface area contributed by atoms with E-state index in [9.17, 15) is 13.6 Å². The van der Waals surface area contributed by atoms with Crippen molar-refractivity contribution in [2.75, 3.05) is 0 Å². The second-order valence-electron chi connectivity index (χ2n) is 5.76. The van der Waals surface area contributed by atoms with Crippen LogP contribution < -0.4 is 4.80 Å². The van der Waals surface area contributed by atoms with Crippen molar-refractivity contribution in [3.05, 3.63) is 64.0 Å². The number of carbonyl (C=O) groups excluding carboxylic acids is 1. The molecule has 0 unspecified atom stereocenters. The molecule has 0 N–H and O–H groups in total. The quantitative estimate of drug-likeness (QED) is 0.643. The molecule has 0 aliphatic heterocycles. The molecule has 3 aromatic rings. The first-order chi connectivity index (χ1) is 12.5. The number of fused-ring (bicyclic) bond motifs is 1. The van der Waals surface area contributed by atoms with Crippen molar-refractivity contribution >= 4 is 27.5 Å². The normalized spacial score (nSPS) is 11.7. The first-order valence-corrected chi connectivity index (χ1v) is 8.90. The molecule has 0 atom stereocenters. The monoisotopic (exact) mass is 370 g/mol. The summed E-state index contributed by atoms with van der Waals surface area (Å²) in [6.45, 7) is 2.10. The van der Waals surface area contributed by atoms with E-state index in [1.165, 1.54) is 16.2 Å². The number of hydrogen-bond donors (Lipinski definition) is 0. The van der Waals surface area contributed by atoms with Gasteiger partial charge in [-0.05, 0) is 23.6 Å². The smallest absolute Gasteiger partial charge is 0.252 e. The third-order valence-corrected chi connectivity index (χ3v) is 4.98. The second kappa shape index (κ2) is 7.63. The summed E-state index contributed by atoms with van der Waals surface area (Å²) in [6, 6.07) is 9.73. The molecule has 0 saturated carbocycles. The minimum absolute atomic E-state index is 0.0415. The van der Waals surface area contributed by atoms with E-state index >= 15 is 0 Å². The Kier molecular flexibility index (Phi) is 5.29. The Morgan fingerprint density at radius 2 is 1.92 bits per heavy atom. The van der Waals surface area contributed by atoms with Crippen LogP contribution in [0.4, 0.5) is 8.78 Å². The van der Waals surface area contributed by atoms with Crippen LogP contribution in [-0.2, 0) is 24.2 Å². The van der Waals surface area contributed by atoms with E-state index in [0.717, 1.165) is 29.4 Å². The van der Waals surface area contributed by atoms with Gasteiger partial charge in [0.15, 0.2) is 10.6 Å². The van der Waals surface area contributed by atoms with Crippen molar-refractivity contribution in [1.29, 1.82) is 0 Å². The van der Waals surface area contributed by atoms with Gasteiger partial charge < -0.3 is 4.57 Å². The fourth-order valence-corrected chi connectivity index (χ4v) is 3.75. The molecule has 26 heavy (non-hydrogen) atoms. The van der Waals surface area contributed by atoms with Crippen LogP contribution in [0.5, 0.6) is 0 Å². The van der Waals surface area contributed by atoms with Crippen LogP contribution >= 0.6 is 11.3 Å². The van der Waals surface area contributed by atoms with Crippen LogP contribution in [0, 0.1) is 24.0 Å². The molecule has 0 bridgehead atoms. The zero-order chi connectivity index (χ0) is 18.7. The summed E-state index contributed by atoms with van der Waals surface area (Å²) in [5.41, 5.74) is 2.19. The minimum atomic E-state index is -0.726. The van der Waals surface area contributed by atoms with E-state index in [4.69, 9.17) is 6.42 Å². The summed E-state index contributed by atoms with van der Waals surface area (Å²) < 4.78 is 29.4. The van der Waals surface area contributed by atoms with Gasteiger partial charge in [0, 0.05) is 6.07 Å². The first-order valence-electron chi connectivity index (χ1n) is 8.09. The lowest BCUT2D eigenvalue weighted by molar-refractivity contribution is -0.117. The SMILES string of the molecule is C#CCn1c(=NC(=O)Cc2ccc(CC)cc2)sc2cc(F)cc(F)c21. The number of carbonyl (C=O) groups is 1. The number of benzene rings is 2. The Balaban J connectivity index is 1.99. The second-order valence-corrected chi connectivity index (χ2v) is 6.77. The topological polar surface area (TPSA) is 34.4 Å². The fourth-order valence-electron chi connectivity index (χ4n) is 2.67. The van der Waals surface area contributed by atoms with Gasteiger partial charge in [-0.3, -0.25) is 4.79 Å². The largest absolute Gasteiger partial charge is 0.302 e. The van der Waals surface area contributed by atoms with Gasteiger partial charge in [0.05, 0.1) is 23.2 Å². The van der Waals surface area contributed by atoms with Crippen molar-refractivity contribution < 1.29 is 13.6 Å². The van der Waals surface area contributed by atoms with Gasteiger partial charge in [0.2, 0.25) is 0 Å². The van der Waals surface area contributed by atoms with E-state index in [0.29, 0.717) is 4.70 Å². The number of hydrogen-bond acceptors (Lipinski definition) is 2. The van der Waals surface area contributed by atoms with Crippen molar-refractivity contribution in [3.8, 4) is 12.3 Å². The molecule has 0 radical (unpaired) electrons. The van der Waals surface area contributed by atoms with Gasteiger partial charge in [0.25, 0.3) is 5.91 Å². The van der Waals surface area contributed by atoms with Crippen LogP contribution in [0.1, 0.15) is 18.1 Å². The molecule has 1 aromatic heterocycles. The Bertz CT molecular complexity index is 1070. The number of nitrogens with zero attached hydrogens (tertiary/aromatic N) is 2. The summed E-state index contributed by atoms with van der Waals surface area (Å²) in [7, 11) is 0. The van der Waals surface area contributed by atoms with Crippen LogP contribution in [0.3, 0.4) is 0 Å². The average Bonchev–Trinajstić information content (AvgIpc) is 2.93. The van der Waals surface area contributed by atoms with Crippen LogP contribution in [-0.4, -0.2) is 10.5 Å². The zero-order valence-electron chi connectivity index (χ0n) is 14.1. The standard InChI is InChI=1S/C20H16F2N2OS/c1-3-9-24-19-16(22)11-15(21)12-17(19)26-20(24)23-18(25)10-14-7-5-13(4-2)6-8-14/h1,5-8,11-12H,4,9-10H2,2H3. The molecular weight excluding hydrogens is 354 g/mol. The molecule has 2 aromatic carbocycles. The third-order valence-electron chi connectivity index (χ3n) is 3.95. The van der Waals surface area contributed by atoms with Crippen LogP contribution in [0.2, 0.25) is 0 Å². The van der Waals surface area contributed by atoms with E-state index < -0.39 is 11.6 Å². The number of thiazole rings is 1. The molecule has 0 aliphatic carbocycles. The molecule has 0 fully saturated rings. The van der Waals surface area contributed by atoms with Crippen molar-refractivity contribution in [2.45, 2.75) is 26.3 Å². The molecule has 1 amide bonds. The van der Waals surface area contributed by atoms with Crippen molar-refractivity contribution in [1.82, 2.24) is 4.57 Å². The van der Waals surface area contributed by atoms with Gasteiger partial charge in [0.1, 0.15) is 5.82 Å². The predicted molar refractivity (Wildman–Crippen MR) is 98.7 cm³/mol. The van der Waals surface area contributed by atoms with Crippen molar-refractivity contribution in [2.24, 2.45) is 4.99 Å². The molecular formula is C20H16F2N2OS. The summed E-state index contributed by atoms with van der Waals surface area (Å²) in [4.78, 5) is 16.7. The summed E-state index contributed by atoms with van der Waals surface area (Å²) in [6.07, 6.45) is 6.41. The number of terminal acetylenes is 1. The molecule has 0 aliphatic rings. The van der Waals surface area contributed by atoms with E-state index in [1.54, 1.807) is 0 Å².